The molecule has 0 spiro atoms. The first-order valence-corrected chi connectivity index (χ1v) is 6.83. The van der Waals surface area contributed by atoms with Crippen LogP contribution in [0.1, 0.15) is 19.3 Å². The van der Waals surface area contributed by atoms with Gasteiger partial charge in [0.2, 0.25) is 0 Å². The Morgan fingerprint density at radius 3 is 2.57 bits per heavy atom. The third-order valence-electron chi connectivity index (χ3n) is 3.61. The maximum atomic E-state index is 3.65. The van der Waals surface area contributed by atoms with Crippen molar-refractivity contribution in [3.05, 3.63) is 0 Å². The van der Waals surface area contributed by atoms with Crippen molar-refractivity contribution in [2.24, 2.45) is 5.41 Å². The lowest BCUT2D eigenvalue weighted by Crippen LogP contribution is -2.34. The maximum absolute atomic E-state index is 3.65. The van der Waals surface area contributed by atoms with E-state index in [0.717, 1.165) is 0 Å². The standard InChI is InChI=1S/C11H21BrN2/c1-13-5-2-6-14(8-7-13)10-11(9-12)3-4-11/h2-10H2,1H3. The summed E-state index contributed by atoms with van der Waals surface area (Å²) in [5, 5.41) is 1.20. The summed E-state index contributed by atoms with van der Waals surface area (Å²) in [6, 6.07) is 0. The molecule has 0 N–H and O–H groups in total. The van der Waals surface area contributed by atoms with Gasteiger partial charge in [0.15, 0.2) is 0 Å². The minimum Gasteiger partial charge on any atom is -0.305 e. The molecule has 0 radical (unpaired) electrons. The van der Waals surface area contributed by atoms with Crippen molar-refractivity contribution < 1.29 is 0 Å². The van der Waals surface area contributed by atoms with Gasteiger partial charge in [0, 0.05) is 25.0 Å². The Hall–Kier alpha value is 0.400. The van der Waals surface area contributed by atoms with Crippen LogP contribution in [0.15, 0.2) is 0 Å². The summed E-state index contributed by atoms with van der Waals surface area (Å²) in [4.78, 5) is 5.12. The molecule has 1 aliphatic carbocycles. The summed E-state index contributed by atoms with van der Waals surface area (Å²) in [5.74, 6) is 0. The van der Waals surface area contributed by atoms with E-state index in [-0.39, 0.29) is 0 Å². The van der Waals surface area contributed by atoms with E-state index in [9.17, 15) is 0 Å². The SMILES string of the molecule is CN1CCCN(CC2(CBr)CC2)CC1. The molecule has 2 nitrogen and oxygen atoms in total. The second kappa shape index (κ2) is 4.50. The summed E-state index contributed by atoms with van der Waals surface area (Å²) >= 11 is 3.65. The molecule has 0 aromatic heterocycles. The van der Waals surface area contributed by atoms with Crippen LogP contribution in [0.3, 0.4) is 0 Å². The van der Waals surface area contributed by atoms with E-state index in [4.69, 9.17) is 0 Å². The fourth-order valence-corrected chi connectivity index (χ4v) is 2.98. The van der Waals surface area contributed by atoms with Gasteiger partial charge in [-0.3, -0.25) is 0 Å². The largest absolute Gasteiger partial charge is 0.305 e. The number of halogens is 1. The van der Waals surface area contributed by atoms with Gasteiger partial charge in [-0.15, -0.1) is 0 Å². The maximum Gasteiger partial charge on any atom is 0.0109 e. The Bertz CT molecular complexity index is 192. The molecule has 2 rings (SSSR count). The molecule has 2 fully saturated rings. The molecule has 0 atom stereocenters. The molecule has 0 amide bonds. The van der Waals surface area contributed by atoms with E-state index in [1.807, 2.05) is 0 Å². The first-order chi connectivity index (χ1) is 6.74. The van der Waals surface area contributed by atoms with E-state index in [0.29, 0.717) is 5.41 Å². The lowest BCUT2D eigenvalue weighted by molar-refractivity contribution is 0.236. The Balaban J connectivity index is 1.80. The number of hydrogen-bond acceptors (Lipinski definition) is 2. The van der Waals surface area contributed by atoms with Crippen LogP contribution in [-0.4, -0.2) is 54.9 Å². The zero-order valence-corrected chi connectivity index (χ0v) is 10.7. The first kappa shape index (κ1) is 10.9. The zero-order chi connectivity index (χ0) is 10.0. The second-order valence-corrected chi connectivity index (χ2v) is 5.63. The summed E-state index contributed by atoms with van der Waals surface area (Å²) < 4.78 is 0. The molecule has 1 aliphatic heterocycles. The highest BCUT2D eigenvalue weighted by Crippen LogP contribution is 2.47. The van der Waals surface area contributed by atoms with Crippen LogP contribution in [-0.2, 0) is 0 Å². The lowest BCUT2D eigenvalue weighted by atomic mass is 10.1. The average molecular weight is 261 g/mol. The highest BCUT2D eigenvalue weighted by molar-refractivity contribution is 9.09. The monoisotopic (exact) mass is 260 g/mol. The quantitative estimate of drug-likeness (QED) is 0.715. The predicted molar refractivity (Wildman–Crippen MR) is 64.0 cm³/mol. The summed E-state index contributed by atoms with van der Waals surface area (Å²) in [5.41, 5.74) is 0.656. The zero-order valence-electron chi connectivity index (χ0n) is 9.14. The molecular weight excluding hydrogens is 240 g/mol. The van der Waals surface area contributed by atoms with Gasteiger partial charge >= 0.3 is 0 Å². The van der Waals surface area contributed by atoms with Gasteiger partial charge in [-0.05, 0) is 44.8 Å². The highest BCUT2D eigenvalue weighted by Gasteiger charge is 2.42. The van der Waals surface area contributed by atoms with Crippen LogP contribution in [0.25, 0.3) is 0 Å². The summed E-state index contributed by atoms with van der Waals surface area (Å²) in [6.45, 7) is 6.42. The third-order valence-corrected chi connectivity index (χ3v) is 4.80. The third kappa shape index (κ3) is 2.71. The molecule has 0 aromatic rings. The van der Waals surface area contributed by atoms with Crippen molar-refractivity contribution in [1.82, 2.24) is 9.80 Å². The van der Waals surface area contributed by atoms with Crippen LogP contribution < -0.4 is 0 Å². The molecular formula is C11H21BrN2. The van der Waals surface area contributed by atoms with Crippen LogP contribution in [0.4, 0.5) is 0 Å². The van der Waals surface area contributed by atoms with Gasteiger partial charge in [0.1, 0.15) is 0 Å². The number of alkyl halides is 1. The van der Waals surface area contributed by atoms with Crippen molar-refractivity contribution in [1.29, 1.82) is 0 Å². The van der Waals surface area contributed by atoms with Gasteiger partial charge in [-0.2, -0.15) is 0 Å². The number of hydrogen-bond donors (Lipinski definition) is 0. The Labute approximate surface area is 95.8 Å². The normalized spacial score (nSPS) is 28.7. The number of nitrogens with zero attached hydrogens (tertiary/aromatic N) is 2. The fourth-order valence-electron chi connectivity index (χ4n) is 2.24. The van der Waals surface area contributed by atoms with E-state index >= 15 is 0 Å². The Kier molecular flexibility index (Phi) is 3.50. The van der Waals surface area contributed by atoms with Crippen LogP contribution in [0.5, 0.6) is 0 Å². The van der Waals surface area contributed by atoms with Crippen LogP contribution in [0, 0.1) is 5.41 Å². The van der Waals surface area contributed by atoms with Crippen molar-refractivity contribution in [2.75, 3.05) is 45.1 Å². The van der Waals surface area contributed by atoms with E-state index < -0.39 is 0 Å². The fraction of sp³-hybridized carbons (Fsp3) is 1.00. The lowest BCUT2D eigenvalue weighted by Gasteiger charge is -2.24. The molecule has 1 heterocycles. The molecule has 0 unspecified atom stereocenters. The Morgan fingerprint density at radius 2 is 1.93 bits per heavy atom. The van der Waals surface area contributed by atoms with Gasteiger partial charge in [-0.25, -0.2) is 0 Å². The minimum absolute atomic E-state index is 0.656. The molecule has 0 aromatic carbocycles. The van der Waals surface area contributed by atoms with Crippen molar-refractivity contribution in [2.45, 2.75) is 19.3 Å². The molecule has 1 saturated heterocycles. The molecule has 3 heteroatoms. The average Bonchev–Trinajstić information content (AvgIpc) is 2.95. The van der Waals surface area contributed by atoms with Crippen molar-refractivity contribution >= 4 is 15.9 Å². The number of rotatable bonds is 3. The van der Waals surface area contributed by atoms with Crippen LogP contribution in [0.2, 0.25) is 0 Å². The van der Waals surface area contributed by atoms with Gasteiger partial charge in [0.05, 0.1) is 0 Å². The molecule has 1 saturated carbocycles. The topological polar surface area (TPSA) is 6.48 Å². The molecule has 14 heavy (non-hydrogen) atoms. The van der Waals surface area contributed by atoms with Crippen molar-refractivity contribution in [3.63, 3.8) is 0 Å². The van der Waals surface area contributed by atoms with Gasteiger partial charge in [-0.1, -0.05) is 15.9 Å². The first-order valence-electron chi connectivity index (χ1n) is 5.71. The molecule has 2 aliphatic rings. The summed E-state index contributed by atoms with van der Waals surface area (Å²) in [6.07, 6.45) is 4.21. The highest BCUT2D eigenvalue weighted by atomic mass is 79.9. The summed E-state index contributed by atoms with van der Waals surface area (Å²) in [7, 11) is 2.24. The van der Waals surface area contributed by atoms with Gasteiger partial charge in [0.25, 0.3) is 0 Å². The van der Waals surface area contributed by atoms with E-state index in [2.05, 4.69) is 32.8 Å². The van der Waals surface area contributed by atoms with Gasteiger partial charge < -0.3 is 9.80 Å². The van der Waals surface area contributed by atoms with E-state index in [1.54, 1.807) is 0 Å². The van der Waals surface area contributed by atoms with Crippen molar-refractivity contribution in [3.8, 4) is 0 Å². The second-order valence-electron chi connectivity index (χ2n) is 5.07. The van der Waals surface area contributed by atoms with Crippen LogP contribution >= 0.6 is 15.9 Å². The Morgan fingerprint density at radius 1 is 1.14 bits per heavy atom. The minimum atomic E-state index is 0.656. The molecule has 82 valence electrons. The van der Waals surface area contributed by atoms with E-state index in [1.165, 1.54) is 57.3 Å². The smallest absolute Gasteiger partial charge is 0.0109 e. The molecule has 0 bridgehead atoms. The predicted octanol–water partition coefficient (Wildman–Crippen LogP) is 1.80. The number of likely N-dealkylation sites (N-methyl/N-ethyl adjacent to an activating group) is 1.